The van der Waals surface area contributed by atoms with E-state index in [1.54, 1.807) is 48.5 Å². The fraction of sp³-hybridized carbons (Fsp3) is 0.333. The van der Waals surface area contributed by atoms with Gasteiger partial charge in [0.1, 0.15) is 18.3 Å². The molecule has 1 aliphatic rings. The largest absolute Gasteiger partial charge is 0.494 e. The fourth-order valence-electron chi connectivity index (χ4n) is 6.22. The molecule has 0 aromatic heterocycles. The van der Waals surface area contributed by atoms with Crippen molar-refractivity contribution in [3.05, 3.63) is 113 Å². The Balaban J connectivity index is 1.58. The summed E-state index contributed by atoms with van der Waals surface area (Å²) >= 11 is 6.20. The second-order valence-corrected chi connectivity index (χ2v) is 14.6. The third-order valence-corrected chi connectivity index (χ3v) is 10.9. The normalized spacial score (nSPS) is 13.6. The van der Waals surface area contributed by atoms with E-state index in [0.717, 1.165) is 41.1 Å². The van der Waals surface area contributed by atoms with Gasteiger partial charge in [0.15, 0.2) is 11.5 Å². The van der Waals surface area contributed by atoms with Crippen molar-refractivity contribution < 1.29 is 32.2 Å². The molecule has 0 saturated heterocycles. The van der Waals surface area contributed by atoms with Gasteiger partial charge in [-0.05, 0) is 79.4 Å². The number of hydrogen-bond acceptors (Lipinski definition) is 7. The standard InChI is InChI=1S/C39H44ClN3O7S/c1-4-50-33-20-18-32(19-21-33)43(51(46,47)34-22-23-36(48-2)37(25-34)49-3)27-38(44)42(26-29-14-16-30(40)17-15-29)35(24-28-10-6-5-7-11-28)39(45)41-31-12-8-9-13-31/h5-7,10-11,14-23,25,31,35H,4,8-9,12-13,24,26-27H2,1-3H3,(H,41,45). The molecule has 51 heavy (non-hydrogen) atoms. The summed E-state index contributed by atoms with van der Waals surface area (Å²) < 4.78 is 46.4. The molecule has 270 valence electrons. The van der Waals surface area contributed by atoms with Crippen molar-refractivity contribution in [2.24, 2.45) is 0 Å². The van der Waals surface area contributed by atoms with Crippen molar-refractivity contribution in [3.8, 4) is 17.2 Å². The lowest BCUT2D eigenvalue weighted by atomic mass is 10.0. The highest BCUT2D eigenvalue weighted by molar-refractivity contribution is 7.92. The number of amides is 2. The van der Waals surface area contributed by atoms with Crippen LogP contribution in [0.4, 0.5) is 5.69 Å². The maximum atomic E-state index is 14.8. The lowest BCUT2D eigenvalue weighted by Gasteiger charge is -2.34. The molecular weight excluding hydrogens is 690 g/mol. The predicted octanol–water partition coefficient (Wildman–Crippen LogP) is 6.65. The summed E-state index contributed by atoms with van der Waals surface area (Å²) in [5.74, 6) is 0.263. The number of carbonyl (C=O) groups is 2. The molecule has 1 aliphatic carbocycles. The van der Waals surface area contributed by atoms with Gasteiger partial charge in [0.05, 0.1) is 31.4 Å². The van der Waals surface area contributed by atoms with E-state index < -0.39 is 28.5 Å². The number of rotatable bonds is 16. The highest BCUT2D eigenvalue weighted by atomic mass is 35.5. The van der Waals surface area contributed by atoms with Gasteiger partial charge in [-0.3, -0.25) is 13.9 Å². The summed E-state index contributed by atoms with van der Waals surface area (Å²) in [7, 11) is -1.50. The molecule has 0 radical (unpaired) electrons. The third kappa shape index (κ3) is 9.53. The lowest BCUT2D eigenvalue weighted by molar-refractivity contribution is -0.140. The number of halogens is 1. The number of benzene rings is 4. The smallest absolute Gasteiger partial charge is 0.264 e. The van der Waals surface area contributed by atoms with Crippen LogP contribution in [0.1, 0.15) is 43.7 Å². The van der Waals surface area contributed by atoms with E-state index in [9.17, 15) is 18.0 Å². The molecule has 0 heterocycles. The molecule has 0 bridgehead atoms. The first-order chi connectivity index (χ1) is 24.6. The van der Waals surface area contributed by atoms with Crippen molar-refractivity contribution in [3.63, 3.8) is 0 Å². The molecule has 4 aromatic rings. The maximum Gasteiger partial charge on any atom is 0.264 e. The van der Waals surface area contributed by atoms with Crippen LogP contribution in [0.15, 0.2) is 102 Å². The number of nitrogens with one attached hydrogen (secondary N) is 1. The van der Waals surface area contributed by atoms with Crippen LogP contribution in [0.25, 0.3) is 0 Å². The minimum atomic E-state index is -4.38. The maximum absolute atomic E-state index is 14.8. The average Bonchev–Trinajstić information content (AvgIpc) is 3.66. The zero-order valence-electron chi connectivity index (χ0n) is 29.1. The minimum Gasteiger partial charge on any atom is -0.494 e. The van der Waals surface area contributed by atoms with Crippen LogP contribution in [0.3, 0.4) is 0 Å². The number of ether oxygens (including phenoxy) is 3. The van der Waals surface area contributed by atoms with Crippen LogP contribution < -0.4 is 23.8 Å². The Labute approximate surface area is 305 Å². The topological polar surface area (TPSA) is 114 Å². The Morgan fingerprint density at radius 2 is 1.53 bits per heavy atom. The van der Waals surface area contributed by atoms with Crippen LogP contribution in [0, 0.1) is 0 Å². The Morgan fingerprint density at radius 1 is 0.863 bits per heavy atom. The van der Waals surface area contributed by atoms with Crippen molar-refractivity contribution in [2.45, 2.75) is 62.6 Å². The van der Waals surface area contributed by atoms with E-state index in [0.29, 0.717) is 23.1 Å². The number of carbonyl (C=O) groups excluding carboxylic acids is 2. The van der Waals surface area contributed by atoms with Gasteiger partial charge in [0, 0.05) is 30.1 Å². The van der Waals surface area contributed by atoms with E-state index in [1.807, 2.05) is 37.3 Å². The van der Waals surface area contributed by atoms with Gasteiger partial charge in [-0.25, -0.2) is 8.42 Å². The number of nitrogens with zero attached hydrogens (tertiary/aromatic N) is 2. The van der Waals surface area contributed by atoms with Crippen LogP contribution in [-0.4, -0.2) is 64.6 Å². The lowest BCUT2D eigenvalue weighted by Crippen LogP contribution is -2.54. The van der Waals surface area contributed by atoms with Gasteiger partial charge in [0.25, 0.3) is 10.0 Å². The molecule has 1 fully saturated rings. The second-order valence-electron chi connectivity index (χ2n) is 12.3. The van der Waals surface area contributed by atoms with Gasteiger partial charge >= 0.3 is 0 Å². The summed E-state index contributed by atoms with van der Waals surface area (Å²) in [6.07, 6.45) is 4.00. The Hall–Kier alpha value is -4.74. The first-order valence-corrected chi connectivity index (χ1v) is 18.8. The molecule has 1 N–H and O–H groups in total. The van der Waals surface area contributed by atoms with E-state index in [2.05, 4.69) is 5.32 Å². The Morgan fingerprint density at radius 3 is 2.16 bits per heavy atom. The average molecular weight is 734 g/mol. The van der Waals surface area contributed by atoms with E-state index in [4.69, 9.17) is 25.8 Å². The molecule has 0 aliphatic heterocycles. The van der Waals surface area contributed by atoms with Gasteiger partial charge in [0.2, 0.25) is 11.8 Å². The second kappa shape index (κ2) is 17.5. The van der Waals surface area contributed by atoms with E-state index in [1.165, 1.54) is 37.3 Å². The molecule has 1 atom stereocenters. The van der Waals surface area contributed by atoms with E-state index in [-0.39, 0.29) is 41.2 Å². The molecule has 4 aromatic carbocycles. The van der Waals surface area contributed by atoms with Crippen LogP contribution >= 0.6 is 11.6 Å². The number of hydrogen-bond donors (Lipinski definition) is 1. The molecule has 5 rings (SSSR count). The zero-order valence-corrected chi connectivity index (χ0v) is 30.7. The predicted molar refractivity (Wildman–Crippen MR) is 198 cm³/mol. The zero-order chi connectivity index (χ0) is 36.4. The Bertz CT molecular complexity index is 1870. The van der Waals surface area contributed by atoms with Gasteiger partial charge in [-0.15, -0.1) is 0 Å². The first kappa shape index (κ1) is 37.5. The minimum absolute atomic E-state index is 0.00837. The van der Waals surface area contributed by atoms with Crippen molar-refractivity contribution in [2.75, 3.05) is 31.7 Å². The van der Waals surface area contributed by atoms with Gasteiger partial charge in [-0.1, -0.05) is 66.9 Å². The quantitative estimate of drug-likeness (QED) is 0.137. The third-order valence-electron chi connectivity index (χ3n) is 8.90. The summed E-state index contributed by atoms with van der Waals surface area (Å²) in [6, 6.07) is 26.3. The van der Waals surface area contributed by atoms with Crippen molar-refractivity contribution in [1.29, 1.82) is 0 Å². The Kier molecular flexibility index (Phi) is 12.8. The summed E-state index contributed by atoms with van der Waals surface area (Å²) in [5.41, 5.74) is 1.83. The number of methoxy groups -OCH3 is 2. The van der Waals surface area contributed by atoms with E-state index >= 15 is 0 Å². The summed E-state index contributed by atoms with van der Waals surface area (Å²) in [4.78, 5) is 30.4. The monoisotopic (exact) mass is 733 g/mol. The molecule has 12 heteroatoms. The van der Waals surface area contributed by atoms with Crippen molar-refractivity contribution in [1.82, 2.24) is 10.2 Å². The van der Waals surface area contributed by atoms with Gasteiger partial charge < -0.3 is 24.4 Å². The van der Waals surface area contributed by atoms with Crippen LogP contribution in [-0.2, 0) is 32.6 Å². The highest BCUT2D eigenvalue weighted by Crippen LogP contribution is 2.33. The first-order valence-electron chi connectivity index (χ1n) is 17.0. The summed E-state index contributed by atoms with van der Waals surface area (Å²) in [5, 5.41) is 3.71. The highest BCUT2D eigenvalue weighted by Gasteiger charge is 2.36. The van der Waals surface area contributed by atoms with Crippen LogP contribution in [0.2, 0.25) is 5.02 Å². The number of sulfonamides is 1. The summed E-state index contributed by atoms with van der Waals surface area (Å²) in [6.45, 7) is 1.72. The van der Waals surface area contributed by atoms with Crippen LogP contribution in [0.5, 0.6) is 17.2 Å². The molecule has 1 unspecified atom stereocenters. The van der Waals surface area contributed by atoms with Gasteiger partial charge in [-0.2, -0.15) is 0 Å². The fourth-order valence-corrected chi connectivity index (χ4v) is 7.77. The molecule has 0 spiro atoms. The molecule has 1 saturated carbocycles. The molecule has 2 amide bonds. The number of anilines is 1. The molecular formula is C39H44ClN3O7S. The SMILES string of the molecule is CCOc1ccc(N(CC(=O)N(Cc2ccc(Cl)cc2)C(Cc2ccccc2)C(=O)NC2CCCC2)S(=O)(=O)c2ccc(OC)c(OC)c2)cc1. The molecule has 10 nitrogen and oxygen atoms in total. The van der Waals surface area contributed by atoms with Crippen molar-refractivity contribution >= 4 is 39.1 Å².